The first kappa shape index (κ1) is 17.7. The minimum absolute atomic E-state index is 0.332. The molecule has 1 fully saturated rings. The lowest BCUT2D eigenvalue weighted by molar-refractivity contribution is -0.139. The fraction of sp³-hybridized carbons (Fsp3) is 0.529. The minimum atomic E-state index is -0.568. The number of nitrogens with one attached hydrogen (secondary N) is 2. The van der Waals surface area contributed by atoms with Crippen LogP contribution in [0, 0.1) is 17.2 Å². The quantitative estimate of drug-likeness (QED) is 0.779. The van der Waals surface area contributed by atoms with Crippen LogP contribution in [-0.4, -0.2) is 43.0 Å². The van der Waals surface area contributed by atoms with Gasteiger partial charge in [-0.15, -0.1) is 0 Å². The van der Waals surface area contributed by atoms with Crippen LogP contribution in [0.5, 0.6) is 0 Å². The zero-order valence-electron chi connectivity index (χ0n) is 13.9. The molecule has 0 aliphatic carbocycles. The average molecular weight is 329 g/mol. The van der Waals surface area contributed by atoms with E-state index in [1.807, 2.05) is 6.92 Å². The van der Waals surface area contributed by atoms with Crippen LogP contribution in [0.15, 0.2) is 18.3 Å². The summed E-state index contributed by atoms with van der Waals surface area (Å²) in [5, 5.41) is 14.4. The third kappa shape index (κ3) is 4.69. The predicted octanol–water partition coefficient (Wildman–Crippen LogP) is 0.812. The molecule has 2 amide bonds. The Morgan fingerprint density at radius 1 is 1.33 bits per heavy atom. The number of hydrogen-bond acceptors (Lipinski definition) is 5. The maximum Gasteiger partial charge on any atom is 0.309 e. The maximum atomic E-state index is 11.7. The second-order valence-electron chi connectivity index (χ2n) is 5.88. The van der Waals surface area contributed by atoms with Gasteiger partial charge in [0.25, 0.3) is 0 Å². The minimum Gasteiger partial charge on any atom is -0.356 e. The molecular formula is C17H23N5O2. The van der Waals surface area contributed by atoms with E-state index in [9.17, 15) is 9.59 Å². The molecule has 0 unspecified atom stereocenters. The summed E-state index contributed by atoms with van der Waals surface area (Å²) in [6.07, 6.45) is 4.27. The highest BCUT2D eigenvalue weighted by atomic mass is 16.2. The van der Waals surface area contributed by atoms with Crippen LogP contribution in [0.2, 0.25) is 0 Å². The van der Waals surface area contributed by atoms with E-state index in [0.29, 0.717) is 24.6 Å². The zero-order chi connectivity index (χ0) is 17.4. The Morgan fingerprint density at radius 2 is 2.04 bits per heavy atom. The largest absolute Gasteiger partial charge is 0.356 e. The van der Waals surface area contributed by atoms with E-state index in [0.717, 1.165) is 38.2 Å². The SMILES string of the molecule is CCCNC(=O)C(=O)NCC1CCN(c2ncccc2C#N)CC1. The number of anilines is 1. The van der Waals surface area contributed by atoms with E-state index in [2.05, 4.69) is 26.6 Å². The number of carbonyl (C=O) groups is 2. The van der Waals surface area contributed by atoms with E-state index in [4.69, 9.17) is 5.26 Å². The number of aromatic nitrogens is 1. The van der Waals surface area contributed by atoms with Crippen molar-refractivity contribution in [2.24, 2.45) is 5.92 Å². The van der Waals surface area contributed by atoms with Gasteiger partial charge in [-0.05, 0) is 37.3 Å². The van der Waals surface area contributed by atoms with E-state index < -0.39 is 11.8 Å². The zero-order valence-corrected chi connectivity index (χ0v) is 13.9. The first-order valence-electron chi connectivity index (χ1n) is 8.31. The monoisotopic (exact) mass is 329 g/mol. The normalized spacial score (nSPS) is 14.8. The second kappa shape index (κ2) is 8.87. The number of amides is 2. The molecule has 7 nitrogen and oxygen atoms in total. The number of carbonyl (C=O) groups excluding carboxylic acids is 2. The third-order valence-electron chi connectivity index (χ3n) is 4.11. The van der Waals surface area contributed by atoms with Gasteiger partial charge in [0.2, 0.25) is 0 Å². The molecule has 2 N–H and O–H groups in total. The van der Waals surface area contributed by atoms with E-state index in [1.54, 1.807) is 18.3 Å². The molecule has 0 atom stereocenters. The van der Waals surface area contributed by atoms with Crippen molar-refractivity contribution in [1.29, 1.82) is 5.26 Å². The van der Waals surface area contributed by atoms with E-state index in [-0.39, 0.29) is 0 Å². The van der Waals surface area contributed by atoms with Crippen molar-refractivity contribution in [3.8, 4) is 6.07 Å². The summed E-state index contributed by atoms with van der Waals surface area (Å²) in [5.74, 6) is -0.0799. The summed E-state index contributed by atoms with van der Waals surface area (Å²) in [6, 6.07) is 5.69. The third-order valence-corrected chi connectivity index (χ3v) is 4.11. The highest BCUT2D eigenvalue weighted by Gasteiger charge is 2.23. The van der Waals surface area contributed by atoms with Gasteiger partial charge in [-0.1, -0.05) is 6.92 Å². The van der Waals surface area contributed by atoms with Gasteiger partial charge in [-0.2, -0.15) is 5.26 Å². The molecule has 0 saturated carbocycles. The number of rotatable bonds is 5. The molecule has 2 heterocycles. The van der Waals surface area contributed by atoms with Crippen LogP contribution in [0.1, 0.15) is 31.7 Å². The highest BCUT2D eigenvalue weighted by molar-refractivity contribution is 6.35. The van der Waals surface area contributed by atoms with E-state index >= 15 is 0 Å². The van der Waals surface area contributed by atoms with E-state index in [1.165, 1.54) is 0 Å². The van der Waals surface area contributed by atoms with Crippen LogP contribution in [0.3, 0.4) is 0 Å². The molecule has 1 aromatic heterocycles. The standard InChI is InChI=1S/C17H23N5O2/c1-2-7-20-16(23)17(24)21-12-13-5-9-22(10-6-13)15-14(11-18)4-3-8-19-15/h3-4,8,13H,2,5-7,9-10,12H2,1H3,(H,20,23)(H,21,24). The summed E-state index contributed by atoms with van der Waals surface area (Å²) >= 11 is 0. The summed E-state index contributed by atoms with van der Waals surface area (Å²) in [7, 11) is 0. The Kier molecular flexibility index (Phi) is 6.55. The first-order valence-corrected chi connectivity index (χ1v) is 8.31. The lowest BCUT2D eigenvalue weighted by atomic mass is 9.96. The van der Waals surface area contributed by atoms with Gasteiger partial charge in [0, 0.05) is 32.4 Å². The van der Waals surface area contributed by atoms with Gasteiger partial charge in [0.15, 0.2) is 0 Å². The summed E-state index contributed by atoms with van der Waals surface area (Å²) in [6.45, 7) is 4.52. The smallest absolute Gasteiger partial charge is 0.309 e. The van der Waals surface area contributed by atoms with Crippen LogP contribution < -0.4 is 15.5 Å². The molecule has 24 heavy (non-hydrogen) atoms. The summed E-state index contributed by atoms with van der Waals surface area (Å²) in [5.41, 5.74) is 0.580. The van der Waals surface area contributed by atoms with Crippen molar-refractivity contribution in [1.82, 2.24) is 15.6 Å². The number of nitriles is 1. The lowest BCUT2D eigenvalue weighted by Crippen LogP contribution is -2.44. The Hall–Kier alpha value is -2.62. The summed E-state index contributed by atoms with van der Waals surface area (Å²) < 4.78 is 0. The molecule has 0 aromatic carbocycles. The van der Waals surface area contributed by atoms with Crippen molar-refractivity contribution >= 4 is 17.6 Å². The lowest BCUT2D eigenvalue weighted by Gasteiger charge is -2.33. The molecule has 1 saturated heterocycles. The van der Waals surface area contributed by atoms with Crippen molar-refractivity contribution in [3.63, 3.8) is 0 Å². The van der Waals surface area contributed by atoms with Crippen LogP contribution in [0.25, 0.3) is 0 Å². The molecule has 7 heteroatoms. The van der Waals surface area contributed by atoms with Gasteiger partial charge in [-0.25, -0.2) is 4.98 Å². The molecule has 1 aliphatic heterocycles. The molecule has 128 valence electrons. The number of piperidine rings is 1. The van der Waals surface area contributed by atoms with Crippen molar-refractivity contribution in [3.05, 3.63) is 23.9 Å². The molecular weight excluding hydrogens is 306 g/mol. The van der Waals surface area contributed by atoms with Crippen LogP contribution in [0.4, 0.5) is 5.82 Å². The predicted molar refractivity (Wildman–Crippen MR) is 90.2 cm³/mol. The van der Waals surface area contributed by atoms with Crippen molar-refractivity contribution in [2.45, 2.75) is 26.2 Å². The number of pyridine rings is 1. The molecule has 0 bridgehead atoms. The van der Waals surface area contributed by atoms with Gasteiger partial charge < -0.3 is 15.5 Å². The Labute approximate surface area is 142 Å². The number of nitrogens with zero attached hydrogens (tertiary/aromatic N) is 3. The first-order chi connectivity index (χ1) is 11.7. The van der Waals surface area contributed by atoms with Crippen LogP contribution in [-0.2, 0) is 9.59 Å². The van der Waals surface area contributed by atoms with Gasteiger partial charge in [0.05, 0.1) is 5.56 Å². The van der Waals surface area contributed by atoms with Crippen LogP contribution >= 0.6 is 0 Å². The molecule has 0 spiro atoms. The Bertz CT molecular complexity index is 618. The average Bonchev–Trinajstić information content (AvgIpc) is 2.64. The molecule has 0 radical (unpaired) electrons. The molecule has 1 aromatic rings. The Morgan fingerprint density at radius 3 is 2.71 bits per heavy atom. The van der Waals surface area contributed by atoms with Gasteiger partial charge in [-0.3, -0.25) is 9.59 Å². The fourth-order valence-electron chi connectivity index (χ4n) is 2.72. The highest BCUT2D eigenvalue weighted by Crippen LogP contribution is 2.23. The number of hydrogen-bond donors (Lipinski definition) is 2. The molecule has 1 aliphatic rings. The maximum absolute atomic E-state index is 11.7. The van der Waals surface area contributed by atoms with Gasteiger partial charge >= 0.3 is 11.8 Å². The van der Waals surface area contributed by atoms with Crippen molar-refractivity contribution in [2.75, 3.05) is 31.1 Å². The topological polar surface area (TPSA) is 98.1 Å². The second-order valence-corrected chi connectivity index (χ2v) is 5.88. The Balaban J connectivity index is 1.78. The van der Waals surface area contributed by atoms with Gasteiger partial charge in [0.1, 0.15) is 11.9 Å². The molecule has 2 rings (SSSR count). The summed E-state index contributed by atoms with van der Waals surface area (Å²) in [4.78, 5) is 29.6. The fourth-order valence-corrected chi connectivity index (χ4v) is 2.72. The van der Waals surface area contributed by atoms with Crippen molar-refractivity contribution < 1.29 is 9.59 Å².